The summed E-state index contributed by atoms with van der Waals surface area (Å²) in [6.07, 6.45) is -6.30. The molecule has 3 aliphatic rings. The van der Waals surface area contributed by atoms with Crippen LogP contribution in [0.5, 0.6) is 5.75 Å². The molecule has 214 valence electrons. The minimum Gasteiger partial charge on any atom is -0.478 e. The van der Waals surface area contributed by atoms with E-state index in [1.807, 2.05) is 6.92 Å². The number of carbonyl (C=O) groups is 2. The van der Waals surface area contributed by atoms with E-state index in [0.717, 1.165) is 6.20 Å². The standard InChI is InChI=1S/C27H29F4N5O4/c1-3-26(2)10-19(37)36(25(32)35-26)21(13-8-14(28)12-33-11-13)16-9-17(16)24(39)34-20-15-6-4-5-7-18(15)40-23(22(20)38)27(29,30)31/h4-8,11-12,16-17,20-23,38H,3,9-10H2,1-2H3,(H2,32,35)(H,34,39)/t16-,17-,20?,21?,22?,23?,26+/m0/s1. The first-order valence-electron chi connectivity index (χ1n) is 12.9. The van der Waals surface area contributed by atoms with E-state index in [-0.39, 0.29) is 36.0 Å². The van der Waals surface area contributed by atoms with Crippen LogP contribution in [-0.4, -0.2) is 56.7 Å². The second kappa shape index (κ2) is 10.0. The number of aliphatic imine (C=N–C) groups is 1. The van der Waals surface area contributed by atoms with E-state index < -0.39 is 59.6 Å². The van der Waals surface area contributed by atoms with Gasteiger partial charge in [0.25, 0.3) is 0 Å². The van der Waals surface area contributed by atoms with Gasteiger partial charge >= 0.3 is 6.18 Å². The fourth-order valence-corrected chi connectivity index (χ4v) is 5.55. The van der Waals surface area contributed by atoms with Crippen molar-refractivity contribution in [2.45, 2.75) is 69.1 Å². The number of benzene rings is 1. The topological polar surface area (TPSA) is 130 Å². The second-order valence-electron chi connectivity index (χ2n) is 10.7. The number of carbonyl (C=O) groups excluding carboxylic acids is 2. The van der Waals surface area contributed by atoms with E-state index in [1.165, 1.54) is 35.4 Å². The molecule has 7 atom stereocenters. The number of halogens is 4. The highest BCUT2D eigenvalue weighted by Crippen LogP contribution is 2.52. The van der Waals surface area contributed by atoms with Gasteiger partial charge in [-0.1, -0.05) is 25.1 Å². The summed E-state index contributed by atoms with van der Waals surface area (Å²) in [5.41, 5.74) is 6.05. The SMILES string of the molecule is CC[C@]1(C)CC(=O)N(C(c2cncc(F)c2)[C@H]2C[C@@H]2C(=O)NC2c3ccccc3OC(C(F)(F)F)C2O)C(N)=N1. The Kier molecular flexibility index (Phi) is 6.97. The number of hydrogen-bond acceptors (Lipinski definition) is 7. The van der Waals surface area contributed by atoms with Crippen LogP contribution in [0.4, 0.5) is 17.6 Å². The molecule has 40 heavy (non-hydrogen) atoms. The van der Waals surface area contributed by atoms with Gasteiger partial charge in [0.15, 0.2) is 5.96 Å². The largest absolute Gasteiger partial charge is 0.478 e. The zero-order valence-corrected chi connectivity index (χ0v) is 21.7. The van der Waals surface area contributed by atoms with Crippen LogP contribution in [0.3, 0.4) is 0 Å². The van der Waals surface area contributed by atoms with Gasteiger partial charge in [0.05, 0.1) is 30.2 Å². The molecule has 0 radical (unpaired) electrons. The van der Waals surface area contributed by atoms with Crippen LogP contribution < -0.4 is 15.8 Å². The Morgan fingerprint density at radius 1 is 1.32 bits per heavy atom. The minimum atomic E-state index is -4.88. The zero-order valence-electron chi connectivity index (χ0n) is 21.7. The predicted molar refractivity (Wildman–Crippen MR) is 134 cm³/mol. The summed E-state index contributed by atoms with van der Waals surface area (Å²) in [7, 11) is 0. The lowest BCUT2D eigenvalue weighted by Gasteiger charge is -2.39. The number of nitrogens with zero attached hydrogens (tertiary/aromatic N) is 3. The van der Waals surface area contributed by atoms with Crippen molar-refractivity contribution >= 4 is 17.8 Å². The van der Waals surface area contributed by atoms with Crippen LogP contribution >= 0.6 is 0 Å². The van der Waals surface area contributed by atoms with Gasteiger partial charge in [-0.25, -0.2) is 9.38 Å². The molecule has 1 aromatic carbocycles. The van der Waals surface area contributed by atoms with E-state index in [0.29, 0.717) is 12.0 Å². The fraction of sp³-hybridized carbons (Fsp3) is 0.481. The summed E-state index contributed by atoms with van der Waals surface area (Å²) in [5.74, 6) is -3.11. The Hall–Kier alpha value is -3.74. The third-order valence-corrected chi connectivity index (χ3v) is 7.90. The quantitative estimate of drug-likeness (QED) is 0.463. The molecule has 5 rings (SSSR count). The maximum Gasteiger partial charge on any atom is 0.428 e. The Morgan fingerprint density at radius 3 is 2.70 bits per heavy atom. The smallest absolute Gasteiger partial charge is 0.428 e. The number of nitrogens with two attached hydrogens (primary N) is 1. The highest BCUT2D eigenvalue weighted by Gasteiger charge is 2.56. The van der Waals surface area contributed by atoms with E-state index in [2.05, 4.69) is 15.3 Å². The number of hydrogen-bond donors (Lipinski definition) is 3. The summed E-state index contributed by atoms with van der Waals surface area (Å²) < 4.78 is 60.1. The molecule has 1 aromatic heterocycles. The number of alkyl halides is 3. The van der Waals surface area contributed by atoms with Crippen molar-refractivity contribution in [2.24, 2.45) is 22.6 Å². The molecule has 0 bridgehead atoms. The molecule has 4 N–H and O–H groups in total. The first-order chi connectivity index (χ1) is 18.8. The summed E-state index contributed by atoms with van der Waals surface area (Å²) in [4.78, 5) is 36.4. The summed E-state index contributed by atoms with van der Waals surface area (Å²) in [6.45, 7) is 3.67. The number of para-hydroxylation sites is 1. The number of aliphatic hydroxyl groups is 1. The molecular formula is C27H29F4N5O4. The Morgan fingerprint density at radius 2 is 2.05 bits per heavy atom. The van der Waals surface area contributed by atoms with Crippen molar-refractivity contribution in [2.75, 3.05) is 0 Å². The van der Waals surface area contributed by atoms with Crippen molar-refractivity contribution in [3.8, 4) is 5.75 Å². The molecule has 2 aliphatic heterocycles. The number of rotatable bonds is 6. The average Bonchev–Trinajstić information content (AvgIpc) is 3.67. The van der Waals surface area contributed by atoms with Gasteiger partial charge in [-0.15, -0.1) is 0 Å². The summed E-state index contributed by atoms with van der Waals surface area (Å²) in [5, 5.41) is 13.2. The monoisotopic (exact) mass is 563 g/mol. The zero-order chi connectivity index (χ0) is 29.0. The number of aromatic nitrogens is 1. The number of fused-ring (bicyclic) bond motifs is 1. The average molecular weight is 564 g/mol. The lowest BCUT2D eigenvalue weighted by atomic mass is 9.91. The maximum absolute atomic E-state index is 14.2. The lowest BCUT2D eigenvalue weighted by molar-refractivity contribution is -0.229. The number of guanidine groups is 1. The Bertz CT molecular complexity index is 1350. The number of amides is 2. The highest BCUT2D eigenvalue weighted by molar-refractivity contribution is 5.99. The third-order valence-electron chi connectivity index (χ3n) is 7.90. The van der Waals surface area contributed by atoms with Crippen LogP contribution in [-0.2, 0) is 9.59 Å². The molecular weight excluding hydrogens is 534 g/mol. The van der Waals surface area contributed by atoms with Crippen molar-refractivity contribution in [3.05, 3.63) is 59.7 Å². The second-order valence-corrected chi connectivity index (χ2v) is 10.7. The molecule has 1 saturated carbocycles. The summed E-state index contributed by atoms with van der Waals surface area (Å²) >= 11 is 0. The van der Waals surface area contributed by atoms with Gasteiger partial charge in [-0.3, -0.25) is 19.5 Å². The number of pyridine rings is 1. The van der Waals surface area contributed by atoms with Crippen LogP contribution in [0.1, 0.15) is 56.3 Å². The minimum absolute atomic E-state index is 0.0525. The third kappa shape index (κ3) is 5.09. The molecule has 3 heterocycles. The van der Waals surface area contributed by atoms with Gasteiger partial charge in [0.1, 0.15) is 17.7 Å². The number of nitrogens with one attached hydrogen (secondary N) is 1. The first-order valence-corrected chi connectivity index (χ1v) is 12.9. The van der Waals surface area contributed by atoms with E-state index in [1.54, 1.807) is 13.0 Å². The molecule has 1 fully saturated rings. The van der Waals surface area contributed by atoms with E-state index in [4.69, 9.17) is 10.5 Å². The fourth-order valence-electron chi connectivity index (χ4n) is 5.55. The molecule has 1 aliphatic carbocycles. The van der Waals surface area contributed by atoms with E-state index >= 15 is 0 Å². The Balaban J connectivity index is 1.43. The first kappa shape index (κ1) is 27.8. The van der Waals surface area contributed by atoms with Crippen molar-refractivity contribution in [3.63, 3.8) is 0 Å². The molecule has 2 aromatic rings. The van der Waals surface area contributed by atoms with Gasteiger partial charge in [-0.05, 0) is 43.4 Å². The van der Waals surface area contributed by atoms with Crippen molar-refractivity contribution in [1.29, 1.82) is 0 Å². The molecule has 9 nitrogen and oxygen atoms in total. The van der Waals surface area contributed by atoms with Crippen molar-refractivity contribution in [1.82, 2.24) is 15.2 Å². The number of aliphatic hydroxyl groups excluding tert-OH is 1. The molecule has 13 heteroatoms. The number of ether oxygens (including phenoxy) is 1. The lowest BCUT2D eigenvalue weighted by Crippen LogP contribution is -2.54. The van der Waals surface area contributed by atoms with Crippen LogP contribution in [0, 0.1) is 17.7 Å². The normalized spacial score (nSPS) is 30.6. The van der Waals surface area contributed by atoms with Gasteiger partial charge < -0.3 is 20.9 Å². The van der Waals surface area contributed by atoms with Gasteiger partial charge in [0.2, 0.25) is 17.9 Å². The summed E-state index contributed by atoms with van der Waals surface area (Å²) in [6, 6.07) is 4.77. The van der Waals surface area contributed by atoms with Crippen molar-refractivity contribution < 1.29 is 37.0 Å². The maximum atomic E-state index is 14.2. The molecule has 0 saturated heterocycles. The predicted octanol–water partition coefficient (Wildman–Crippen LogP) is 3.16. The molecule has 2 amide bonds. The van der Waals surface area contributed by atoms with Crippen LogP contribution in [0.15, 0.2) is 47.7 Å². The molecule has 0 spiro atoms. The van der Waals surface area contributed by atoms with Crippen LogP contribution in [0.25, 0.3) is 0 Å². The van der Waals surface area contributed by atoms with Crippen LogP contribution in [0.2, 0.25) is 0 Å². The van der Waals surface area contributed by atoms with Gasteiger partial charge in [0, 0.05) is 17.7 Å². The van der Waals surface area contributed by atoms with E-state index in [9.17, 15) is 32.3 Å². The molecule has 4 unspecified atom stereocenters. The van der Waals surface area contributed by atoms with Gasteiger partial charge in [-0.2, -0.15) is 13.2 Å². The highest BCUT2D eigenvalue weighted by atomic mass is 19.4. The Labute approximate surface area is 227 Å².